The Morgan fingerprint density at radius 1 is 1.41 bits per heavy atom. The summed E-state index contributed by atoms with van der Waals surface area (Å²) < 4.78 is 0. The number of aryl methyl sites for hydroxylation is 1. The van der Waals surface area contributed by atoms with Gasteiger partial charge in [0, 0.05) is 20.2 Å². The molecule has 0 aliphatic heterocycles. The molecule has 1 aromatic rings. The molecule has 0 bridgehead atoms. The van der Waals surface area contributed by atoms with E-state index in [4.69, 9.17) is 0 Å². The minimum Gasteiger partial charge on any atom is -0.345 e. The molecule has 5 nitrogen and oxygen atoms in total. The normalized spacial score (nSPS) is 11.8. The van der Waals surface area contributed by atoms with Crippen molar-refractivity contribution in [1.29, 1.82) is 0 Å². The second-order valence-electron chi connectivity index (χ2n) is 5.24. The molecule has 6 heteroatoms. The lowest BCUT2D eigenvalue weighted by Gasteiger charge is -2.24. The number of rotatable bonds is 8. The maximum atomic E-state index is 12.5. The van der Waals surface area contributed by atoms with E-state index in [0.29, 0.717) is 13.0 Å². The first kappa shape index (κ1) is 18.5. The highest BCUT2D eigenvalue weighted by Gasteiger charge is 2.22. The van der Waals surface area contributed by atoms with E-state index in [1.807, 2.05) is 24.6 Å². The molecule has 0 aromatic carbocycles. The standard InChI is InChI=1S/C16H25N3O2S/c1-5-13-6-7-14(17-10-13)11-19(3)16(21)15(8-9-22-4)18-12(2)20/h6-7,10,15H,5,8-9,11H2,1-4H3,(H,18,20)/t15-/m0/s1. The number of pyridine rings is 1. The van der Waals surface area contributed by atoms with Gasteiger partial charge in [-0.25, -0.2) is 0 Å². The molecule has 2 amide bonds. The Kier molecular flexibility index (Phi) is 7.95. The smallest absolute Gasteiger partial charge is 0.245 e. The van der Waals surface area contributed by atoms with Gasteiger partial charge in [0.05, 0.1) is 12.2 Å². The molecule has 1 aromatic heterocycles. The van der Waals surface area contributed by atoms with Crippen LogP contribution in [0.15, 0.2) is 18.3 Å². The average molecular weight is 323 g/mol. The summed E-state index contributed by atoms with van der Waals surface area (Å²) in [4.78, 5) is 29.7. The van der Waals surface area contributed by atoms with Crippen LogP contribution in [0.2, 0.25) is 0 Å². The zero-order chi connectivity index (χ0) is 16.5. The molecule has 22 heavy (non-hydrogen) atoms. The fourth-order valence-electron chi connectivity index (χ4n) is 2.08. The van der Waals surface area contributed by atoms with Crippen molar-refractivity contribution in [3.05, 3.63) is 29.6 Å². The van der Waals surface area contributed by atoms with Gasteiger partial charge in [-0.15, -0.1) is 0 Å². The summed E-state index contributed by atoms with van der Waals surface area (Å²) in [5, 5.41) is 2.74. The molecule has 0 saturated carbocycles. The highest BCUT2D eigenvalue weighted by Crippen LogP contribution is 2.08. The van der Waals surface area contributed by atoms with Crippen molar-refractivity contribution in [3.8, 4) is 0 Å². The molecule has 0 radical (unpaired) electrons. The maximum Gasteiger partial charge on any atom is 0.245 e. The molecule has 1 N–H and O–H groups in total. The number of thioether (sulfide) groups is 1. The van der Waals surface area contributed by atoms with Crippen molar-refractivity contribution in [2.75, 3.05) is 19.1 Å². The van der Waals surface area contributed by atoms with Gasteiger partial charge in [-0.05, 0) is 36.5 Å². The van der Waals surface area contributed by atoms with Gasteiger partial charge in [0.1, 0.15) is 6.04 Å². The molecule has 0 aliphatic carbocycles. The van der Waals surface area contributed by atoms with Crippen LogP contribution in [0.3, 0.4) is 0 Å². The zero-order valence-corrected chi connectivity index (χ0v) is 14.6. The molecule has 0 aliphatic rings. The third kappa shape index (κ3) is 6.05. The summed E-state index contributed by atoms with van der Waals surface area (Å²) in [5.74, 6) is 0.567. The molecule has 1 atom stereocenters. The predicted octanol–water partition coefficient (Wildman–Crippen LogP) is 1.86. The van der Waals surface area contributed by atoms with Crippen LogP contribution in [0, 0.1) is 0 Å². The van der Waals surface area contributed by atoms with Gasteiger partial charge in [-0.2, -0.15) is 11.8 Å². The maximum absolute atomic E-state index is 12.5. The van der Waals surface area contributed by atoms with Crippen LogP contribution in [0.5, 0.6) is 0 Å². The Morgan fingerprint density at radius 3 is 2.64 bits per heavy atom. The number of hydrogen-bond acceptors (Lipinski definition) is 4. The summed E-state index contributed by atoms with van der Waals surface area (Å²) >= 11 is 1.66. The minimum atomic E-state index is -0.468. The van der Waals surface area contributed by atoms with E-state index in [1.54, 1.807) is 23.7 Å². The molecule has 1 rings (SSSR count). The number of likely N-dealkylation sites (N-methyl/N-ethyl adjacent to an activating group) is 1. The lowest BCUT2D eigenvalue weighted by Crippen LogP contribution is -2.46. The number of nitrogens with zero attached hydrogens (tertiary/aromatic N) is 2. The predicted molar refractivity (Wildman–Crippen MR) is 90.7 cm³/mol. The number of aromatic nitrogens is 1. The van der Waals surface area contributed by atoms with Crippen molar-refractivity contribution in [3.63, 3.8) is 0 Å². The van der Waals surface area contributed by atoms with Crippen LogP contribution in [0.4, 0.5) is 0 Å². The van der Waals surface area contributed by atoms with E-state index < -0.39 is 6.04 Å². The van der Waals surface area contributed by atoms with Crippen molar-refractivity contribution >= 4 is 23.6 Å². The van der Waals surface area contributed by atoms with Crippen molar-refractivity contribution in [2.45, 2.75) is 39.3 Å². The van der Waals surface area contributed by atoms with E-state index >= 15 is 0 Å². The summed E-state index contributed by atoms with van der Waals surface area (Å²) in [5.41, 5.74) is 2.02. The SMILES string of the molecule is CCc1ccc(CN(C)C(=O)[C@H](CCSC)NC(C)=O)nc1. The Morgan fingerprint density at radius 2 is 2.14 bits per heavy atom. The topological polar surface area (TPSA) is 62.3 Å². The van der Waals surface area contributed by atoms with E-state index in [9.17, 15) is 9.59 Å². The fourth-order valence-corrected chi connectivity index (χ4v) is 2.55. The van der Waals surface area contributed by atoms with Crippen molar-refractivity contribution in [1.82, 2.24) is 15.2 Å². The second-order valence-corrected chi connectivity index (χ2v) is 6.23. The summed E-state index contributed by atoms with van der Waals surface area (Å²) in [6.45, 7) is 3.96. The summed E-state index contributed by atoms with van der Waals surface area (Å²) in [6, 6.07) is 3.50. The summed E-state index contributed by atoms with van der Waals surface area (Å²) in [7, 11) is 1.74. The first-order chi connectivity index (χ1) is 10.5. The molecule has 0 saturated heterocycles. The minimum absolute atomic E-state index is 0.0781. The molecular weight excluding hydrogens is 298 g/mol. The van der Waals surface area contributed by atoms with E-state index in [-0.39, 0.29) is 11.8 Å². The van der Waals surface area contributed by atoms with Gasteiger partial charge in [-0.3, -0.25) is 14.6 Å². The van der Waals surface area contributed by atoms with Crippen LogP contribution in [-0.4, -0.2) is 46.8 Å². The zero-order valence-electron chi connectivity index (χ0n) is 13.8. The van der Waals surface area contributed by atoms with Crippen LogP contribution >= 0.6 is 11.8 Å². The second kappa shape index (κ2) is 9.46. The van der Waals surface area contributed by atoms with Gasteiger partial charge in [0.15, 0.2) is 0 Å². The van der Waals surface area contributed by atoms with Crippen LogP contribution in [0.25, 0.3) is 0 Å². The third-order valence-electron chi connectivity index (χ3n) is 3.36. The number of amides is 2. The quantitative estimate of drug-likeness (QED) is 0.793. The average Bonchev–Trinajstić information content (AvgIpc) is 2.51. The Balaban J connectivity index is 2.68. The first-order valence-corrected chi connectivity index (χ1v) is 8.82. The van der Waals surface area contributed by atoms with E-state index in [2.05, 4.69) is 17.2 Å². The Hall–Kier alpha value is -1.56. The van der Waals surface area contributed by atoms with E-state index in [1.165, 1.54) is 12.5 Å². The molecule has 0 spiro atoms. The fraction of sp³-hybridized carbons (Fsp3) is 0.562. The number of nitrogens with one attached hydrogen (secondary N) is 1. The highest BCUT2D eigenvalue weighted by molar-refractivity contribution is 7.98. The number of carbonyl (C=O) groups excluding carboxylic acids is 2. The van der Waals surface area contributed by atoms with E-state index in [0.717, 1.165) is 17.9 Å². The largest absolute Gasteiger partial charge is 0.345 e. The van der Waals surface area contributed by atoms with Crippen molar-refractivity contribution < 1.29 is 9.59 Å². The van der Waals surface area contributed by atoms with Crippen LogP contribution in [-0.2, 0) is 22.6 Å². The third-order valence-corrected chi connectivity index (χ3v) is 4.00. The number of carbonyl (C=O) groups is 2. The lowest BCUT2D eigenvalue weighted by atomic mass is 10.1. The Labute approximate surface area is 136 Å². The summed E-state index contributed by atoms with van der Waals surface area (Å²) in [6.07, 6.45) is 5.40. The molecular formula is C16H25N3O2S. The van der Waals surface area contributed by atoms with Crippen LogP contribution in [0.1, 0.15) is 31.5 Å². The molecule has 0 fully saturated rings. The Bertz CT molecular complexity index is 491. The molecule has 0 unspecified atom stereocenters. The van der Waals surface area contributed by atoms with Crippen molar-refractivity contribution in [2.24, 2.45) is 0 Å². The first-order valence-electron chi connectivity index (χ1n) is 7.42. The highest BCUT2D eigenvalue weighted by atomic mass is 32.2. The van der Waals surface area contributed by atoms with Gasteiger partial charge >= 0.3 is 0 Å². The number of hydrogen-bond donors (Lipinski definition) is 1. The monoisotopic (exact) mass is 323 g/mol. The van der Waals surface area contributed by atoms with Gasteiger partial charge < -0.3 is 10.2 Å². The van der Waals surface area contributed by atoms with Gasteiger partial charge in [0.25, 0.3) is 0 Å². The molecule has 122 valence electrons. The van der Waals surface area contributed by atoms with Gasteiger partial charge in [-0.1, -0.05) is 13.0 Å². The van der Waals surface area contributed by atoms with Gasteiger partial charge in [0.2, 0.25) is 11.8 Å². The molecule has 1 heterocycles. The van der Waals surface area contributed by atoms with Crippen LogP contribution < -0.4 is 5.32 Å². The lowest BCUT2D eigenvalue weighted by molar-refractivity contribution is -0.135.